The molecule has 6 heteroatoms. The lowest BCUT2D eigenvalue weighted by Gasteiger charge is -2.33. The maximum atomic E-state index is 12.6. The number of aliphatic carboxylic acids is 1. The van der Waals surface area contributed by atoms with Gasteiger partial charge in [0.05, 0.1) is 6.26 Å². The van der Waals surface area contributed by atoms with Gasteiger partial charge in [-0.3, -0.25) is 9.59 Å². The van der Waals surface area contributed by atoms with Gasteiger partial charge >= 0.3 is 5.97 Å². The Balaban J connectivity index is 1.68. The highest BCUT2D eigenvalue weighted by atomic mass is 16.5. The molecule has 0 bridgehead atoms. The third-order valence-corrected chi connectivity index (χ3v) is 4.24. The van der Waals surface area contributed by atoms with Gasteiger partial charge in [0.1, 0.15) is 12.3 Å². The average molecular weight is 293 g/mol. The van der Waals surface area contributed by atoms with Gasteiger partial charge in [-0.15, -0.1) is 0 Å². The van der Waals surface area contributed by atoms with Crippen LogP contribution < -0.4 is 0 Å². The van der Waals surface area contributed by atoms with Crippen LogP contribution in [0.15, 0.2) is 22.8 Å². The zero-order valence-corrected chi connectivity index (χ0v) is 11.7. The number of carboxylic acids is 1. The molecule has 6 nitrogen and oxygen atoms in total. The summed E-state index contributed by atoms with van der Waals surface area (Å²) in [5.74, 6) is -0.256. The number of furan rings is 1. The molecule has 2 heterocycles. The van der Waals surface area contributed by atoms with Crippen LogP contribution in [-0.4, -0.2) is 47.7 Å². The molecule has 2 atom stereocenters. The molecule has 1 aliphatic carbocycles. The van der Waals surface area contributed by atoms with Crippen molar-refractivity contribution in [2.75, 3.05) is 19.8 Å². The van der Waals surface area contributed by atoms with Crippen molar-refractivity contribution in [2.24, 2.45) is 5.92 Å². The van der Waals surface area contributed by atoms with Gasteiger partial charge in [-0.05, 0) is 31.4 Å². The van der Waals surface area contributed by atoms with Gasteiger partial charge in [-0.2, -0.15) is 0 Å². The normalized spacial score (nSPS) is 25.5. The second-order valence-electron chi connectivity index (χ2n) is 5.67. The lowest BCUT2D eigenvalue weighted by molar-refractivity contribution is -0.148. The number of carbonyl (C=O) groups is 2. The van der Waals surface area contributed by atoms with E-state index in [1.165, 1.54) is 4.90 Å². The Labute approximate surface area is 122 Å². The fraction of sp³-hybridized carbons (Fsp3) is 0.600. The summed E-state index contributed by atoms with van der Waals surface area (Å²) in [5.41, 5.74) is 0. The molecule has 1 saturated heterocycles. The van der Waals surface area contributed by atoms with Crippen LogP contribution in [0.4, 0.5) is 0 Å². The Hall–Kier alpha value is -1.82. The first-order chi connectivity index (χ1) is 10.2. The summed E-state index contributed by atoms with van der Waals surface area (Å²) in [7, 11) is 0. The predicted molar refractivity (Wildman–Crippen MR) is 72.7 cm³/mol. The van der Waals surface area contributed by atoms with Crippen LogP contribution in [0.2, 0.25) is 0 Å². The Kier molecular flexibility index (Phi) is 3.96. The van der Waals surface area contributed by atoms with E-state index in [0.717, 1.165) is 12.2 Å². The minimum absolute atomic E-state index is 0.0276. The first-order valence-electron chi connectivity index (χ1n) is 7.30. The molecule has 1 saturated carbocycles. The Morgan fingerprint density at radius 2 is 2.10 bits per heavy atom. The van der Waals surface area contributed by atoms with Crippen molar-refractivity contribution in [3.05, 3.63) is 24.2 Å². The zero-order valence-electron chi connectivity index (χ0n) is 11.7. The van der Waals surface area contributed by atoms with E-state index in [-0.39, 0.29) is 30.3 Å². The van der Waals surface area contributed by atoms with Gasteiger partial charge in [0.25, 0.3) is 0 Å². The van der Waals surface area contributed by atoms with Gasteiger partial charge in [0, 0.05) is 31.1 Å². The number of rotatable bonds is 5. The molecule has 3 rings (SSSR count). The summed E-state index contributed by atoms with van der Waals surface area (Å²) in [4.78, 5) is 25.2. The topological polar surface area (TPSA) is 80.0 Å². The van der Waals surface area contributed by atoms with Crippen LogP contribution in [0.5, 0.6) is 0 Å². The summed E-state index contributed by atoms with van der Waals surface area (Å²) in [6.45, 7) is 0.936. The molecule has 2 aliphatic rings. The summed E-state index contributed by atoms with van der Waals surface area (Å²) < 4.78 is 10.6. The van der Waals surface area contributed by atoms with E-state index in [9.17, 15) is 9.59 Å². The zero-order chi connectivity index (χ0) is 14.8. The molecule has 0 aromatic carbocycles. The van der Waals surface area contributed by atoms with Crippen LogP contribution in [0.1, 0.15) is 30.9 Å². The Bertz CT molecular complexity index is 506. The first-order valence-corrected chi connectivity index (χ1v) is 7.30. The molecule has 1 aromatic rings. The molecule has 1 N–H and O–H groups in total. The number of amides is 1. The molecule has 0 radical (unpaired) electrons. The molecular weight excluding hydrogens is 274 g/mol. The highest BCUT2D eigenvalue weighted by Gasteiger charge is 2.48. The predicted octanol–water partition coefficient (Wildman–Crippen LogP) is 1.48. The average Bonchev–Trinajstić information content (AvgIpc) is 3.10. The fourth-order valence-electron chi connectivity index (χ4n) is 3.03. The molecule has 2 unspecified atom stereocenters. The second-order valence-corrected chi connectivity index (χ2v) is 5.67. The fourth-order valence-corrected chi connectivity index (χ4v) is 3.03. The molecule has 0 spiro atoms. The van der Waals surface area contributed by atoms with Gasteiger partial charge in [0.15, 0.2) is 0 Å². The van der Waals surface area contributed by atoms with E-state index < -0.39 is 5.97 Å². The molecule has 114 valence electrons. The third kappa shape index (κ3) is 3.10. The monoisotopic (exact) mass is 293 g/mol. The number of carbonyl (C=O) groups excluding carboxylic acids is 1. The van der Waals surface area contributed by atoms with Gasteiger partial charge in [0.2, 0.25) is 5.91 Å². The quantitative estimate of drug-likeness (QED) is 0.889. The molecule has 21 heavy (non-hydrogen) atoms. The van der Waals surface area contributed by atoms with E-state index >= 15 is 0 Å². The summed E-state index contributed by atoms with van der Waals surface area (Å²) >= 11 is 0. The van der Waals surface area contributed by atoms with Gasteiger partial charge in [-0.25, -0.2) is 0 Å². The highest BCUT2D eigenvalue weighted by Crippen LogP contribution is 2.49. The van der Waals surface area contributed by atoms with Crippen LogP contribution >= 0.6 is 0 Å². The lowest BCUT2D eigenvalue weighted by atomic mass is 10.1. The van der Waals surface area contributed by atoms with Crippen LogP contribution in [-0.2, 0) is 14.3 Å². The van der Waals surface area contributed by atoms with Crippen molar-refractivity contribution in [3.8, 4) is 0 Å². The van der Waals surface area contributed by atoms with Crippen molar-refractivity contribution >= 4 is 11.9 Å². The maximum absolute atomic E-state index is 12.6. The minimum Gasteiger partial charge on any atom is -0.480 e. The first kappa shape index (κ1) is 14.1. The minimum atomic E-state index is -0.968. The van der Waals surface area contributed by atoms with Crippen LogP contribution in [0.3, 0.4) is 0 Å². The number of nitrogens with zero attached hydrogens (tertiary/aromatic N) is 1. The van der Waals surface area contributed by atoms with E-state index in [0.29, 0.717) is 26.1 Å². The van der Waals surface area contributed by atoms with Crippen LogP contribution in [0.25, 0.3) is 0 Å². The Morgan fingerprint density at radius 1 is 1.33 bits per heavy atom. The molecule has 1 aromatic heterocycles. The van der Waals surface area contributed by atoms with Crippen molar-refractivity contribution in [1.29, 1.82) is 0 Å². The summed E-state index contributed by atoms with van der Waals surface area (Å²) in [5, 5.41) is 9.07. The molecule has 1 aliphatic heterocycles. The third-order valence-electron chi connectivity index (χ3n) is 4.24. The second kappa shape index (κ2) is 5.89. The van der Waals surface area contributed by atoms with E-state index in [4.69, 9.17) is 14.3 Å². The SMILES string of the molecule is O=C(O)CN(C(=O)C1CC1c1ccco1)C1CCOCC1. The highest BCUT2D eigenvalue weighted by molar-refractivity contribution is 5.86. The van der Waals surface area contributed by atoms with Gasteiger partial charge in [-0.1, -0.05) is 0 Å². The van der Waals surface area contributed by atoms with Crippen molar-refractivity contribution in [2.45, 2.75) is 31.2 Å². The Morgan fingerprint density at radius 3 is 2.71 bits per heavy atom. The van der Waals surface area contributed by atoms with E-state index in [2.05, 4.69) is 0 Å². The van der Waals surface area contributed by atoms with Crippen LogP contribution in [0, 0.1) is 5.92 Å². The number of carboxylic acid groups (broad SMARTS) is 1. The number of ether oxygens (including phenoxy) is 1. The number of hydrogen-bond donors (Lipinski definition) is 1. The smallest absolute Gasteiger partial charge is 0.323 e. The lowest BCUT2D eigenvalue weighted by Crippen LogP contribution is -2.46. The largest absolute Gasteiger partial charge is 0.480 e. The molecule has 2 fully saturated rings. The van der Waals surface area contributed by atoms with E-state index in [1.54, 1.807) is 6.26 Å². The maximum Gasteiger partial charge on any atom is 0.323 e. The van der Waals surface area contributed by atoms with E-state index in [1.807, 2.05) is 12.1 Å². The van der Waals surface area contributed by atoms with Gasteiger partial charge < -0.3 is 19.2 Å². The summed E-state index contributed by atoms with van der Waals surface area (Å²) in [6, 6.07) is 3.65. The van der Waals surface area contributed by atoms with Crippen molar-refractivity contribution in [3.63, 3.8) is 0 Å². The molecular formula is C15H19NO5. The summed E-state index contributed by atoms with van der Waals surface area (Å²) in [6.07, 6.45) is 3.75. The number of hydrogen-bond acceptors (Lipinski definition) is 4. The molecule has 1 amide bonds. The van der Waals surface area contributed by atoms with Crippen molar-refractivity contribution in [1.82, 2.24) is 4.90 Å². The van der Waals surface area contributed by atoms with Crippen molar-refractivity contribution < 1.29 is 23.8 Å². The standard InChI is InChI=1S/C15H19NO5/c17-14(18)9-16(10-3-6-20-7-4-10)15(19)12-8-11(12)13-2-1-5-21-13/h1-2,5,10-12H,3-4,6-9H2,(H,17,18).